The Morgan fingerprint density at radius 1 is 1.04 bits per heavy atom. The largest absolute Gasteiger partial charge is 0.341 e. The number of fused-ring (bicyclic) bond motifs is 1. The van der Waals surface area contributed by atoms with Crippen molar-refractivity contribution in [3.05, 3.63) is 29.3 Å². The van der Waals surface area contributed by atoms with Crippen LogP contribution in [-0.2, 0) is 27.7 Å². The minimum Gasteiger partial charge on any atom is -0.341 e. The van der Waals surface area contributed by atoms with E-state index in [0.717, 1.165) is 19.3 Å². The van der Waals surface area contributed by atoms with Gasteiger partial charge in [0, 0.05) is 32.6 Å². The highest BCUT2D eigenvalue weighted by Gasteiger charge is 2.28. The summed E-state index contributed by atoms with van der Waals surface area (Å²) < 4.78 is 27.4. The Morgan fingerprint density at radius 3 is 2.61 bits per heavy atom. The molecule has 0 unspecified atom stereocenters. The van der Waals surface area contributed by atoms with Gasteiger partial charge in [-0.1, -0.05) is 13.0 Å². The standard InChI is InChI=1S/C17H24N2O3S/c1-2-17(20)18-9-4-10-19(12-11-18)23(21,22)16-8-7-14-5-3-6-15(14)13-16/h7-8,13H,2-6,9-12H2,1H3. The van der Waals surface area contributed by atoms with Gasteiger partial charge >= 0.3 is 0 Å². The molecule has 1 aliphatic heterocycles. The van der Waals surface area contributed by atoms with Gasteiger partial charge in [-0.2, -0.15) is 4.31 Å². The van der Waals surface area contributed by atoms with Crippen LogP contribution in [0, 0.1) is 0 Å². The van der Waals surface area contributed by atoms with Crippen molar-refractivity contribution in [2.45, 2.75) is 43.9 Å². The minimum absolute atomic E-state index is 0.0989. The van der Waals surface area contributed by atoms with Crippen molar-refractivity contribution in [3.8, 4) is 0 Å². The normalized spacial score (nSPS) is 19.4. The fourth-order valence-corrected chi connectivity index (χ4v) is 4.99. The van der Waals surface area contributed by atoms with Gasteiger partial charge in [-0.25, -0.2) is 8.42 Å². The summed E-state index contributed by atoms with van der Waals surface area (Å²) >= 11 is 0. The van der Waals surface area contributed by atoms with Gasteiger partial charge in [-0.05, 0) is 48.9 Å². The van der Waals surface area contributed by atoms with Crippen LogP contribution < -0.4 is 0 Å². The summed E-state index contributed by atoms with van der Waals surface area (Å²) in [4.78, 5) is 14.0. The van der Waals surface area contributed by atoms with Crippen molar-refractivity contribution >= 4 is 15.9 Å². The Kier molecular flexibility index (Phi) is 4.73. The molecule has 5 nitrogen and oxygen atoms in total. The lowest BCUT2D eigenvalue weighted by atomic mass is 10.1. The zero-order valence-corrected chi connectivity index (χ0v) is 14.4. The molecule has 1 aliphatic carbocycles. The highest BCUT2D eigenvalue weighted by Crippen LogP contribution is 2.26. The first-order chi connectivity index (χ1) is 11.0. The van der Waals surface area contributed by atoms with Gasteiger partial charge in [0.15, 0.2) is 0 Å². The quantitative estimate of drug-likeness (QED) is 0.846. The number of sulfonamides is 1. The molecule has 1 aromatic carbocycles. The van der Waals surface area contributed by atoms with Crippen LogP contribution in [0.1, 0.15) is 37.3 Å². The van der Waals surface area contributed by atoms with Crippen LogP contribution in [0.25, 0.3) is 0 Å². The van der Waals surface area contributed by atoms with Crippen molar-refractivity contribution < 1.29 is 13.2 Å². The highest BCUT2D eigenvalue weighted by atomic mass is 32.2. The van der Waals surface area contributed by atoms with Crippen LogP contribution in [0.5, 0.6) is 0 Å². The van der Waals surface area contributed by atoms with E-state index in [1.807, 2.05) is 19.1 Å². The first-order valence-electron chi connectivity index (χ1n) is 8.42. The molecule has 0 radical (unpaired) electrons. The Labute approximate surface area is 138 Å². The predicted octanol–water partition coefficient (Wildman–Crippen LogP) is 1.81. The molecule has 1 fully saturated rings. The SMILES string of the molecule is CCC(=O)N1CCCN(S(=O)(=O)c2ccc3c(c2)CCC3)CC1. The van der Waals surface area contributed by atoms with Crippen LogP contribution in [0.4, 0.5) is 0 Å². The third kappa shape index (κ3) is 3.28. The molecule has 1 amide bonds. The van der Waals surface area contributed by atoms with Crippen LogP contribution in [0.15, 0.2) is 23.1 Å². The molecule has 0 bridgehead atoms. The maximum atomic E-state index is 12.9. The molecule has 0 N–H and O–H groups in total. The molecular formula is C17H24N2O3S. The molecule has 126 valence electrons. The molecule has 1 saturated heterocycles. The van der Waals surface area contributed by atoms with Gasteiger partial charge in [0.2, 0.25) is 15.9 Å². The van der Waals surface area contributed by atoms with Crippen LogP contribution >= 0.6 is 0 Å². The summed E-state index contributed by atoms with van der Waals surface area (Å²) in [6.45, 7) is 3.82. The zero-order chi connectivity index (χ0) is 16.4. The van der Waals surface area contributed by atoms with E-state index in [1.54, 1.807) is 11.0 Å². The minimum atomic E-state index is -3.47. The second-order valence-electron chi connectivity index (χ2n) is 6.28. The maximum absolute atomic E-state index is 12.9. The first-order valence-corrected chi connectivity index (χ1v) is 9.86. The molecule has 0 atom stereocenters. The van der Waals surface area contributed by atoms with E-state index >= 15 is 0 Å². The molecule has 23 heavy (non-hydrogen) atoms. The summed E-state index contributed by atoms with van der Waals surface area (Å²) in [6.07, 6.45) is 4.29. The van der Waals surface area contributed by atoms with Crippen LogP contribution in [0.2, 0.25) is 0 Å². The topological polar surface area (TPSA) is 57.7 Å². The molecular weight excluding hydrogens is 312 g/mol. The number of aryl methyl sites for hydroxylation is 2. The van der Waals surface area contributed by atoms with Gasteiger partial charge in [0.25, 0.3) is 0 Å². The van der Waals surface area contributed by atoms with Gasteiger partial charge in [0.05, 0.1) is 4.90 Å². The number of carbonyl (C=O) groups excluding carboxylic acids is 1. The summed E-state index contributed by atoms with van der Waals surface area (Å²) in [6, 6.07) is 5.54. The first kappa shape index (κ1) is 16.5. The van der Waals surface area contributed by atoms with E-state index in [-0.39, 0.29) is 5.91 Å². The van der Waals surface area contributed by atoms with E-state index in [4.69, 9.17) is 0 Å². The zero-order valence-electron chi connectivity index (χ0n) is 13.6. The van der Waals surface area contributed by atoms with E-state index in [9.17, 15) is 13.2 Å². The summed E-state index contributed by atoms with van der Waals surface area (Å²) in [5.74, 6) is 0.0989. The monoisotopic (exact) mass is 336 g/mol. The molecule has 2 aliphatic rings. The highest BCUT2D eigenvalue weighted by molar-refractivity contribution is 7.89. The Balaban J connectivity index is 1.78. The van der Waals surface area contributed by atoms with Crippen molar-refractivity contribution in [1.82, 2.24) is 9.21 Å². The third-order valence-corrected chi connectivity index (χ3v) is 6.71. The van der Waals surface area contributed by atoms with E-state index in [2.05, 4.69) is 0 Å². The van der Waals surface area contributed by atoms with Gasteiger partial charge < -0.3 is 4.90 Å². The van der Waals surface area contributed by atoms with E-state index in [0.29, 0.717) is 43.9 Å². The molecule has 1 heterocycles. The Morgan fingerprint density at radius 2 is 1.83 bits per heavy atom. The van der Waals surface area contributed by atoms with Gasteiger partial charge in [-0.3, -0.25) is 4.79 Å². The number of carbonyl (C=O) groups is 1. The number of amides is 1. The Hall–Kier alpha value is -1.40. The number of nitrogens with zero attached hydrogens (tertiary/aromatic N) is 2. The average Bonchev–Trinajstić information content (AvgIpc) is 2.87. The second kappa shape index (κ2) is 6.61. The van der Waals surface area contributed by atoms with Crippen LogP contribution in [-0.4, -0.2) is 49.7 Å². The second-order valence-corrected chi connectivity index (χ2v) is 8.21. The van der Waals surface area contributed by atoms with E-state index in [1.165, 1.54) is 15.4 Å². The molecule has 0 saturated carbocycles. The van der Waals surface area contributed by atoms with Gasteiger partial charge in [-0.15, -0.1) is 0 Å². The van der Waals surface area contributed by atoms with Crippen molar-refractivity contribution in [1.29, 1.82) is 0 Å². The van der Waals surface area contributed by atoms with Gasteiger partial charge in [0.1, 0.15) is 0 Å². The molecule has 0 aromatic heterocycles. The van der Waals surface area contributed by atoms with Crippen molar-refractivity contribution in [2.75, 3.05) is 26.2 Å². The summed E-state index contributed by atoms with van der Waals surface area (Å²) in [5.41, 5.74) is 2.45. The smallest absolute Gasteiger partial charge is 0.243 e. The van der Waals surface area contributed by atoms with Crippen molar-refractivity contribution in [3.63, 3.8) is 0 Å². The number of hydrogen-bond acceptors (Lipinski definition) is 3. The molecule has 0 spiro atoms. The van der Waals surface area contributed by atoms with Crippen molar-refractivity contribution in [2.24, 2.45) is 0 Å². The Bertz CT molecular complexity index is 700. The fourth-order valence-electron chi connectivity index (χ4n) is 3.46. The number of benzene rings is 1. The maximum Gasteiger partial charge on any atom is 0.243 e. The van der Waals surface area contributed by atoms with E-state index < -0.39 is 10.0 Å². The summed E-state index contributed by atoms with van der Waals surface area (Å²) in [5, 5.41) is 0. The molecule has 6 heteroatoms. The lowest BCUT2D eigenvalue weighted by Crippen LogP contribution is -2.37. The predicted molar refractivity (Wildman–Crippen MR) is 88.7 cm³/mol. The molecule has 1 aromatic rings. The lowest BCUT2D eigenvalue weighted by Gasteiger charge is -2.22. The van der Waals surface area contributed by atoms with Crippen LogP contribution in [0.3, 0.4) is 0 Å². The fraction of sp³-hybridized carbons (Fsp3) is 0.588. The number of rotatable bonds is 3. The summed E-state index contributed by atoms with van der Waals surface area (Å²) in [7, 11) is -3.47. The lowest BCUT2D eigenvalue weighted by molar-refractivity contribution is -0.130. The molecule has 3 rings (SSSR count). The number of hydrogen-bond donors (Lipinski definition) is 0. The average molecular weight is 336 g/mol. The third-order valence-electron chi connectivity index (χ3n) is 4.82.